The number of hydrogen-bond donors (Lipinski definition) is 2. The number of aliphatic hydroxyl groups excluding tert-OH is 1. The summed E-state index contributed by atoms with van der Waals surface area (Å²) in [7, 11) is 0. The highest BCUT2D eigenvalue weighted by atomic mass is 16.2. The number of hydrogen-bond acceptors (Lipinski definition) is 2. The third-order valence-corrected chi connectivity index (χ3v) is 1.71. The Balaban J connectivity index is 2.41. The van der Waals surface area contributed by atoms with Crippen LogP contribution in [0.15, 0.2) is 36.4 Å². The molecule has 0 aliphatic heterocycles. The Morgan fingerprint density at radius 3 is 2.92 bits per heavy atom. The van der Waals surface area contributed by atoms with Crippen LogP contribution < -0.4 is 5.32 Å². The molecule has 0 spiro atoms. The van der Waals surface area contributed by atoms with Gasteiger partial charge in [-0.05, 0) is 24.6 Å². The van der Waals surface area contributed by atoms with E-state index in [1.165, 1.54) is 5.56 Å². The Morgan fingerprint density at radius 2 is 2.23 bits per heavy atom. The molecule has 1 rings (SSSR count). The quantitative estimate of drug-likeness (QED) is 0.689. The number of nitrogens with one attached hydrogen (secondary N) is 1. The van der Waals surface area contributed by atoms with Crippen molar-refractivity contribution in [3.63, 3.8) is 0 Å². The van der Waals surface area contributed by atoms with Crippen molar-refractivity contribution in [1.29, 1.82) is 0 Å². The average Bonchev–Trinajstić information content (AvgIpc) is 2.13. The maximum Gasteiger partial charge on any atom is 0.0613 e. The summed E-state index contributed by atoms with van der Waals surface area (Å²) >= 11 is 0. The maximum absolute atomic E-state index is 8.49. The van der Waals surface area contributed by atoms with Gasteiger partial charge in [-0.3, -0.25) is 0 Å². The zero-order valence-corrected chi connectivity index (χ0v) is 7.83. The SMILES string of the molecule is Cc1cccc(NCC=CCO)c1. The Bertz CT molecular complexity index is 281. The van der Waals surface area contributed by atoms with Crippen molar-refractivity contribution in [2.75, 3.05) is 18.5 Å². The lowest BCUT2D eigenvalue weighted by Crippen LogP contribution is -1.98. The molecule has 0 amide bonds. The molecule has 2 nitrogen and oxygen atoms in total. The Labute approximate surface area is 78.9 Å². The van der Waals surface area contributed by atoms with Gasteiger partial charge in [0.15, 0.2) is 0 Å². The van der Waals surface area contributed by atoms with Crippen LogP contribution in [-0.2, 0) is 0 Å². The van der Waals surface area contributed by atoms with Crippen molar-refractivity contribution >= 4 is 5.69 Å². The molecular formula is C11H15NO. The number of rotatable bonds is 4. The highest BCUT2D eigenvalue weighted by Crippen LogP contribution is 2.08. The van der Waals surface area contributed by atoms with Crippen molar-refractivity contribution in [1.82, 2.24) is 0 Å². The third kappa shape index (κ3) is 3.76. The summed E-state index contributed by atoms with van der Waals surface area (Å²) in [4.78, 5) is 0. The Hall–Kier alpha value is -1.28. The minimum absolute atomic E-state index is 0.107. The monoisotopic (exact) mass is 177 g/mol. The van der Waals surface area contributed by atoms with Crippen LogP contribution in [0.1, 0.15) is 5.56 Å². The first kappa shape index (κ1) is 9.81. The lowest BCUT2D eigenvalue weighted by Gasteiger charge is -2.03. The van der Waals surface area contributed by atoms with Gasteiger partial charge in [-0.1, -0.05) is 24.3 Å². The van der Waals surface area contributed by atoms with Crippen LogP contribution in [0.25, 0.3) is 0 Å². The highest BCUT2D eigenvalue weighted by Gasteiger charge is 1.88. The van der Waals surface area contributed by atoms with Gasteiger partial charge in [0, 0.05) is 12.2 Å². The van der Waals surface area contributed by atoms with Crippen LogP contribution in [0.5, 0.6) is 0 Å². The fourth-order valence-electron chi connectivity index (χ4n) is 1.09. The summed E-state index contributed by atoms with van der Waals surface area (Å²) in [5.74, 6) is 0. The summed E-state index contributed by atoms with van der Waals surface area (Å²) in [6, 6.07) is 8.20. The molecule has 70 valence electrons. The molecule has 0 bridgehead atoms. The Morgan fingerprint density at radius 1 is 1.38 bits per heavy atom. The van der Waals surface area contributed by atoms with E-state index in [1.54, 1.807) is 6.08 Å². The second-order valence-corrected chi connectivity index (χ2v) is 2.90. The van der Waals surface area contributed by atoms with Gasteiger partial charge in [0.25, 0.3) is 0 Å². The number of aliphatic hydroxyl groups is 1. The van der Waals surface area contributed by atoms with E-state index in [0.29, 0.717) is 0 Å². The van der Waals surface area contributed by atoms with Gasteiger partial charge < -0.3 is 10.4 Å². The van der Waals surface area contributed by atoms with E-state index in [-0.39, 0.29) is 6.61 Å². The predicted molar refractivity (Wildman–Crippen MR) is 55.9 cm³/mol. The predicted octanol–water partition coefficient (Wildman–Crippen LogP) is 1.96. The molecule has 0 unspecified atom stereocenters. The van der Waals surface area contributed by atoms with Gasteiger partial charge in [-0.2, -0.15) is 0 Å². The van der Waals surface area contributed by atoms with E-state index < -0.39 is 0 Å². The molecule has 0 fully saturated rings. The van der Waals surface area contributed by atoms with Crippen LogP contribution >= 0.6 is 0 Å². The van der Waals surface area contributed by atoms with E-state index in [0.717, 1.165) is 12.2 Å². The fourth-order valence-corrected chi connectivity index (χ4v) is 1.09. The Kier molecular flexibility index (Phi) is 4.06. The molecule has 1 aromatic rings. The van der Waals surface area contributed by atoms with Gasteiger partial charge >= 0.3 is 0 Å². The van der Waals surface area contributed by atoms with Crippen molar-refractivity contribution in [3.05, 3.63) is 42.0 Å². The second kappa shape index (κ2) is 5.38. The van der Waals surface area contributed by atoms with Crippen LogP contribution in [0.3, 0.4) is 0 Å². The number of benzene rings is 1. The number of aryl methyl sites for hydroxylation is 1. The van der Waals surface area contributed by atoms with Crippen molar-refractivity contribution in [2.24, 2.45) is 0 Å². The standard InChI is InChI=1S/C11H15NO/c1-10-5-4-6-11(9-10)12-7-2-3-8-13/h2-6,9,12-13H,7-8H2,1H3. The summed E-state index contributed by atoms with van der Waals surface area (Å²) < 4.78 is 0. The number of anilines is 1. The normalized spacial score (nSPS) is 10.6. The molecule has 0 saturated heterocycles. The van der Waals surface area contributed by atoms with Crippen molar-refractivity contribution < 1.29 is 5.11 Å². The van der Waals surface area contributed by atoms with Gasteiger partial charge in [0.05, 0.1) is 6.61 Å². The van der Waals surface area contributed by atoms with Crippen LogP contribution in [-0.4, -0.2) is 18.3 Å². The van der Waals surface area contributed by atoms with Crippen molar-refractivity contribution in [2.45, 2.75) is 6.92 Å². The van der Waals surface area contributed by atoms with Crippen LogP contribution in [0.4, 0.5) is 5.69 Å². The van der Waals surface area contributed by atoms with Gasteiger partial charge in [-0.15, -0.1) is 0 Å². The first-order valence-electron chi connectivity index (χ1n) is 4.39. The second-order valence-electron chi connectivity index (χ2n) is 2.90. The highest BCUT2D eigenvalue weighted by molar-refractivity contribution is 5.45. The lowest BCUT2D eigenvalue weighted by atomic mass is 10.2. The smallest absolute Gasteiger partial charge is 0.0613 e. The molecule has 13 heavy (non-hydrogen) atoms. The summed E-state index contributed by atoms with van der Waals surface area (Å²) in [6.45, 7) is 2.92. The minimum Gasteiger partial charge on any atom is -0.392 e. The largest absolute Gasteiger partial charge is 0.392 e. The molecular weight excluding hydrogens is 162 g/mol. The molecule has 0 aliphatic carbocycles. The zero-order chi connectivity index (χ0) is 9.52. The third-order valence-electron chi connectivity index (χ3n) is 1.71. The fraction of sp³-hybridized carbons (Fsp3) is 0.273. The summed E-state index contributed by atoms with van der Waals surface area (Å²) in [6.07, 6.45) is 3.63. The van der Waals surface area contributed by atoms with Gasteiger partial charge in [0.1, 0.15) is 0 Å². The van der Waals surface area contributed by atoms with E-state index in [9.17, 15) is 0 Å². The molecule has 1 aromatic carbocycles. The summed E-state index contributed by atoms with van der Waals surface area (Å²) in [5, 5.41) is 11.7. The first-order chi connectivity index (χ1) is 6.33. The van der Waals surface area contributed by atoms with Crippen molar-refractivity contribution in [3.8, 4) is 0 Å². The molecule has 2 N–H and O–H groups in total. The molecule has 0 heterocycles. The van der Waals surface area contributed by atoms with E-state index in [2.05, 4.69) is 24.4 Å². The van der Waals surface area contributed by atoms with E-state index in [1.807, 2.05) is 18.2 Å². The topological polar surface area (TPSA) is 32.3 Å². The van der Waals surface area contributed by atoms with Crippen LogP contribution in [0.2, 0.25) is 0 Å². The summed E-state index contributed by atoms with van der Waals surface area (Å²) in [5.41, 5.74) is 2.36. The first-order valence-corrected chi connectivity index (χ1v) is 4.39. The molecule has 0 saturated carbocycles. The molecule has 2 heteroatoms. The average molecular weight is 177 g/mol. The molecule has 0 aromatic heterocycles. The molecule has 0 radical (unpaired) electrons. The van der Waals surface area contributed by atoms with Crippen LogP contribution in [0, 0.1) is 6.92 Å². The van der Waals surface area contributed by atoms with E-state index >= 15 is 0 Å². The maximum atomic E-state index is 8.49. The van der Waals surface area contributed by atoms with Gasteiger partial charge in [0.2, 0.25) is 0 Å². The van der Waals surface area contributed by atoms with E-state index in [4.69, 9.17) is 5.11 Å². The molecule has 0 aliphatic rings. The van der Waals surface area contributed by atoms with Gasteiger partial charge in [-0.25, -0.2) is 0 Å². The molecule has 0 atom stereocenters. The minimum atomic E-state index is 0.107. The zero-order valence-electron chi connectivity index (χ0n) is 7.83. The lowest BCUT2D eigenvalue weighted by molar-refractivity contribution is 0.342.